The first kappa shape index (κ1) is 16.8. The molecule has 1 saturated carbocycles. The van der Waals surface area contributed by atoms with Crippen molar-refractivity contribution >= 4 is 11.8 Å². The average molecular weight is 356 g/mol. The first-order chi connectivity index (χ1) is 12.6. The molecule has 0 radical (unpaired) electrons. The lowest BCUT2D eigenvalue weighted by Crippen LogP contribution is -2.63. The number of nitrogens with one attached hydrogen (secondary N) is 2. The first-order valence-electron chi connectivity index (χ1n) is 9.20. The van der Waals surface area contributed by atoms with Crippen molar-refractivity contribution in [1.29, 1.82) is 0 Å². The Morgan fingerprint density at radius 3 is 1.65 bits per heavy atom. The van der Waals surface area contributed by atoms with Gasteiger partial charge in [-0.05, 0) is 37.8 Å². The molecule has 1 aliphatic carbocycles. The fourth-order valence-electron chi connectivity index (χ4n) is 4.28. The first-order valence-corrected chi connectivity index (χ1v) is 9.20. The largest absolute Gasteiger partial charge is 0.330 e. The van der Waals surface area contributed by atoms with Crippen molar-refractivity contribution < 1.29 is 9.59 Å². The van der Waals surface area contributed by atoms with E-state index in [1.165, 1.54) is 0 Å². The molecule has 8 heteroatoms. The number of fused-ring (bicyclic) bond motifs is 1. The number of H-pyrrole nitrogens is 2. The summed E-state index contributed by atoms with van der Waals surface area (Å²) in [5.74, 6) is -0.0246. The molecule has 0 bridgehead atoms. The van der Waals surface area contributed by atoms with Crippen LogP contribution in [0.4, 0.5) is 0 Å². The number of rotatable bonds is 2. The zero-order chi connectivity index (χ0) is 18.3. The van der Waals surface area contributed by atoms with E-state index < -0.39 is 0 Å². The number of carbonyl (C=O) groups is 2. The van der Waals surface area contributed by atoms with E-state index in [2.05, 4.69) is 20.4 Å². The normalized spacial score (nSPS) is 23.0. The summed E-state index contributed by atoms with van der Waals surface area (Å²) >= 11 is 0. The van der Waals surface area contributed by atoms with Crippen LogP contribution in [0.1, 0.15) is 57.8 Å². The van der Waals surface area contributed by atoms with Gasteiger partial charge in [0.05, 0.1) is 24.5 Å². The second-order valence-electron chi connectivity index (χ2n) is 7.27. The molecule has 2 aromatic heterocycles. The van der Waals surface area contributed by atoms with Crippen molar-refractivity contribution in [2.75, 3.05) is 13.1 Å². The standard InChI is InChI=1S/C18H24N6O2/c1-11-9-19-21-15(11)17(25)23-7-8-24(14-6-4-3-5-13(14)23)18(26)16-12(2)10-20-22-16/h9-10,13-14H,3-8H2,1-2H3,(H,19,21)(H,20,22)/t13-,14-/m1/s1. The summed E-state index contributed by atoms with van der Waals surface area (Å²) in [7, 11) is 0. The van der Waals surface area contributed by atoms with Gasteiger partial charge >= 0.3 is 0 Å². The second kappa shape index (κ2) is 6.59. The molecule has 2 aliphatic rings. The maximum Gasteiger partial charge on any atom is 0.272 e. The van der Waals surface area contributed by atoms with Crippen LogP contribution in [-0.4, -0.2) is 67.2 Å². The third-order valence-electron chi connectivity index (χ3n) is 5.68. The van der Waals surface area contributed by atoms with Gasteiger partial charge in [-0.3, -0.25) is 19.8 Å². The highest BCUT2D eigenvalue weighted by molar-refractivity contribution is 5.95. The lowest BCUT2D eigenvalue weighted by molar-refractivity contribution is 0.00315. The Bertz CT molecular complexity index is 757. The molecule has 0 aromatic carbocycles. The minimum absolute atomic E-state index is 0.0123. The molecule has 2 atom stereocenters. The van der Waals surface area contributed by atoms with Crippen molar-refractivity contribution in [2.45, 2.75) is 51.6 Å². The minimum Gasteiger partial charge on any atom is -0.330 e. The van der Waals surface area contributed by atoms with Gasteiger partial charge in [-0.25, -0.2) is 0 Å². The molecule has 2 amide bonds. The number of carbonyl (C=O) groups excluding carboxylic acids is 2. The average Bonchev–Trinajstić information content (AvgIpc) is 3.27. The van der Waals surface area contributed by atoms with Crippen LogP contribution in [-0.2, 0) is 0 Å². The molecular formula is C18H24N6O2. The minimum atomic E-state index is -0.0123. The Hall–Kier alpha value is -2.64. The number of hydrogen-bond acceptors (Lipinski definition) is 4. The van der Waals surface area contributed by atoms with Gasteiger partial charge < -0.3 is 9.80 Å². The molecule has 4 rings (SSSR count). The number of hydrogen-bond donors (Lipinski definition) is 2. The van der Waals surface area contributed by atoms with E-state index >= 15 is 0 Å². The summed E-state index contributed by atoms with van der Waals surface area (Å²) in [5, 5.41) is 13.6. The predicted octanol–water partition coefficient (Wildman–Crippen LogP) is 1.66. The molecule has 0 spiro atoms. The van der Waals surface area contributed by atoms with Gasteiger partial charge in [-0.1, -0.05) is 12.8 Å². The lowest BCUT2D eigenvalue weighted by Gasteiger charge is -2.49. The van der Waals surface area contributed by atoms with Gasteiger partial charge in [0.15, 0.2) is 0 Å². The highest BCUT2D eigenvalue weighted by Gasteiger charge is 2.43. The summed E-state index contributed by atoms with van der Waals surface area (Å²) in [4.78, 5) is 29.9. The van der Waals surface area contributed by atoms with Crippen LogP contribution in [0.5, 0.6) is 0 Å². The quantitative estimate of drug-likeness (QED) is 0.855. The Balaban J connectivity index is 1.60. The molecule has 2 fully saturated rings. The highest BCUT2D eigenvalue weighted by Crippen LogP contribution is 2.32. The van der Waals surface area contributed by atoms with Crippen molar-refractivity contribution in [3.8, 4) is 0 Å². The Morgan fingerprint density at radius 1 is 0.885 bits per heavy atom. The van der Waals surface area contributed by atoms with E-state index in [9.17, 15) is 9.59 Å². The smallest absolute Gasteiger partial charge is 0.272 e. The summed E-state index contributed by atoms with van der Waals surface area (Å²) in [5.41, 5.74) is 2.82. The number of amides is 2. The monoisotopic (exact) mass is 356 g/mol. The number of nitrogens with zero attached hydrogens (tertiary/aromatic N) is 4. The van der Waals surface area contributed by atoms with Crippen molar-refractivity contribution in [1.82, 2.24) is 30.2 Å². The van der Waals surface area contributed by atoms with Gasteiger partial charge in [0.2, 0.25) is 0 Å². The number of aryl methyl sites for hydroxylation is 2. The van der Waals surface area contributed by atoms with Crippen molar-refractivity contribution in [3.05, 3.63) is 34.9 Å². The van der Waals surface area contributed by atoms with Gasteiger partial charge in [0, 0.05) is 13.1 Å². The molecule has 26 heavy (non-hydrogen) atoms. The predicted molar refractivity (Wildman–Crippen MR) is 94.8 cm³/mol. The van der Waals surface area contributed by atoms with Gasteiger partial charge in [-0.2, -0.15) is 10.2 Å². The number of aromatic amines is 2. The third-order valence-corrected chi connectivity index (χ3v) is 5.68. The van der Waals surface area contributed by atoms with Crippen LogP contribution in [0, 0.1) is 13.8 Å². The van der Waals surface area contributed by atoms with E-state index in [0.29, 0.717) is 24.5 Å². The summed E-state index contributed by atoms with van der Waals surface area (Å²) < 4.78 is 0. The van der Waals surface area contributed by atoms with Gasteiger partial charge in [-0.15, -0.1) is 0 Å². The zero-order valence-electron chi connectivity index (χ0n) is 15.2. The van der Waals surface area contributed by atoms with Crippen LogP contribution in [0.25, 0.3) is 0 Å². The van der Waals surface area contributed by atoms with Crippen molar-refractivity contribution in [2.24, 2.45) is 0 Å². The Labute approximate surface area is 151 Å². The molecule has 1 saturated heterocycles. The van der Waals surface area contributed by atoms with Crippen LogP contribution >= 0.6 is 0 Å². The number of aromatic nitrogens is 4. The third kappa shape index (κ3) is 2.69. The van der Waals surface area contributed by atoms with Crippen LogP contribution < -0.4 is 0 Å². The number of piperazine rings is 1. The van der Waals surface area contributed by atoms with E-state index in [0.717, 1.165) is 36.8 Å². The summed E-state index contributed by atoms with van der Waals surface area (Å²) in [6, 6.07) is 0.111. The van der Waals surface area contributed by atoms with Gasteiger partial charge in [0.1, 0.15) is 11.4 Å². The van der Waals surface area contributed by atoms with E-state index in [-0.39, 0.29) is 23.9 Å². The molecule has 2 aromatic rings. The topological polar surface area (TPSA) is 98.0 Å². The molecular weight excluding hydrogens is 332 g/mol. The molecule has 0 unspecified atom stereocenters. The lowest BCUT2D eigenvalue weighted by atomic mass is 9.85. The molecule has 3 heterocycles. The molecule has 138 valence electrons. The molecule has 1 aliphatic heterocycles. The Kier molecular flexibility index (Phi) is 4.26. The van der Waals surface area contributed by atoms with Crippen LogP contribution in [0.15, 0.2) is 12.4 Å². The molecule has 2 N–H and O–H groups in total. The second-order valence-corrected chi connectivity index (χ2v) is 7.27. The fourth-order valence-corrected chi connectivity index (χ4v) is 4.28. The van der Waals surface area contributed by atoms with Crippen LogP contribution in [0.2, 0.25) is 0 Å². The molecule has 8 nitrogen and oxygen atoms in total. The van der Waals surface area contributed by atoms with Crippen molar-refractivity contribution in [3.63, 3.8) is 0 Å². The fraction of sp³-hybridized carbons (Fsp3) is 0.556. The van der Waals surface area contributed by atoms with Crippen LogP contribution in [0.3, 0.4) is 0 Å². The maximum absolute atomic E-state index is 13.0. The summed E-state index contributed by atoms with van der Waals surface area (Å²) in [6.07, 6.45) is 7.36. The Morgan fingerprint density at radius 2 is 1.31 bits per heavy atom. The van der Waals surface area contributed by atoms with E-state index in [4.69, 9.17) is 0 Å². The van der Waals surface area contributed by atoms with E-state index in [1.54, 1.807) is 12.4 Å². The van der Waals surface area contributed by atoms with E-state index in [1.807, 2.05) is 23.6 Å². The zero-order valence-corrected chi connectivity index (χ0v) is 15.2. The maximum atomic E-state index is 13.0. The van der Waals surface area contributed by atoms with Gasteiger partial charge in [0.25, 0.3) is 11.8 Å². The SMILES string of the molecule is Cc1cn[nH]c1C(=O)N1CCN(C(=O)c2[nH]ncc2C)[C@@H]2CCCC[C@H]21. The summed E-state index contributed by atoms with van der Waals surface area (Å²) in [6.45, 7) is 4.85. The highest BCUT2D eigenvalue weighted by atomic mass is 16.2.